The van der Waals surface area contributed by atoms with Gasteiger partial charge in [0.15, 0.2) is 0 Å². The molecule has 0 saturated heterocycles. The third-order valence-electron chi connectivity index (χ3n) is 4.47. The SMILES string of the molecule is C#CC(c1ccccc1)(c1ccc(OC)cc1)c1ccc(OC)cc1. The van der Waals surface area contributed by atoms with Crippen LogP contribution in [0.25, 0.3) is 0 Å². The van der Waals surface area contributed by atoms with Gasteiger partial charge in [0.2, 0.25) is 0 Å². The number of benzene rings is 3. The molecule has 0 atom stereocenters. The van der Waals surface area contributed by atoms with Crippen molar-refractivity contribution in [2.45, 2.75) is 5.41 Å². The van der Waals surface area contributed by atoms with Crippen LogP contribution in [-0.2, 0) is 5.41 Å². The van der Waals surface area contributed by atoms with Gasteiger partial charge in [-0.25, -0.2) is 0 Å². The second-order valence-corrected chi connectivity index (χ2v) is 5.72. The van der Waals surface area contributed by atoms with Gasteiger partial charge < -0.3 is 9.47 Å². The minimum absolute atomic E-state index is 0.681. The zero-order valence-electron chi connectivity index (χ0n) is 14.4. The van der Waals surface area contributed by atoms with Crippen molar-refractivity contribution in [2.24, 2.45) is 0 Å². The minimum atomic E-state index is -0.681. The normalized spacial score (nSPS) is 10.8. The molecule has 0 aliphatic heterocycles. The van der Waals surface area contributed by atoms with Crippen molar-refractivity contribution in [3.8, 4) is 23.8 Å². The highest BCUT2D eigenvalue weighted by Crippen LogP contribution is 2.39. The largest absolute Gasteiger partial charge is 0.497 e. The van der Waals surface area contributed by atoms with Crippen LogP contribution in [0.5, 0.6) is 11.5 Å². The van der Waals surface area contributed by atoms with Gasteiger partial charge in [0.1, 0.15) is 16.9 Å². The van der Waals surface area contributed by atoms with Gasteiger partial charge in [-0.3, -0.25) is 0 Å². The summed E-state index contributed by atoms with van der Waals surface area (Å²) in [5.41, 5.74) is 2.41. The molecule has 0 bridgehead atoms. The lowest BCUT2D eigenvalue weighted by Crippen LogP contribution is -2.27. The lowest BCUT2D eigenvalue weighted by atomic mass is 9.70. The van der Waals surface area contributed by atoms with Crippen LogP contribution in [0, 0.1) is 12.3 Å². The summed E-state index contributed by atoms with van der Waals surface area (Å²) in [4.78, 5) is 0. The second kappa shape index (κ2) is 7.15. The average Bonchev–Trinajstić information content (AvgIpc) is 2.71. The van der Waals surface area contributed by atoms with E-state index in [1.165, 1.54) is 0 Å². The Morgan fingerprint density at radius 1 is 0.640 bits per heavy atom. The maximum atomic E-state index is 6.13. The summed E-state index contributed by atoms with van der Waals surface area (Å²) in [6, 6.07) is 26.0. The molecular weight excluding hydrogens is 308 g/mol. The molecule has 0 aliphatic rings. The van der Waals surface area contributed by atoms with Crippen molar-refractivity contribution in [2.75, 3.05) is 14.2 Å². The number of methoxy groups -OCH3 is 2. The van der Waals surface area contributed by atoms with Crippen LogP contribution in [0.3, 0.4) is 0 Å². The Morgan fingerprint density at radius 2 is 1.04 bits per heavy atom. The van der Waals surface area contributed by atoms with Gasteiger partial charge in [-0.1, -0.05) is 60.5 Å². The maximum Gasteiger partial charge on any atom is 0.118 e. The third-order valence-corrected chi connectivity index (χ3v) is 4.47. The highest BCUT2D eigenvalue weighted by molar-refractivity contribution is 5.58. The molecule has 2 heteroatoms. The molecular formula is C23H20O2. The standard InChI is InChI=1S/C23H20O2/c1-4-23(18-8-6-5-7-9-18,19-10-14-21(24-2)15-11-19)20-12-16-22(25-3)17-13-20/h1,5-17H,2-3H3. The fourth-order valence-corrected chi connectivity index (χ4v) is 3.12. The molecule has 0 unspecified atom stereocenters. The van der Waals surface area contributed by atoms with E-state index in [0.29, 0.717) is 0 Å². The summed E-state index contributed by atoms with van der Waals surface area (Å²) in [6.45, 7) is 0. The summed E-state index contributed by atoms with van der Waals surface area (Å²) in [5.74, 6) is 4.66. The fraction of sp³-hybridized carbons (Fsp3) is 0.130. The van der Waals surface area contributed by atoms with Crippen LogP contribution < -0.4 is 9.47 Å². The van der Waals surface area contributed by atoms with Crippen LogP contribution in [0.15, 0.2) is 78.9 Å². The summed E-state index contributed by atoms with van der Waals surface area (Å²) in [6.07, 6.45) is 6.13. The molecule has 0 amide bonds. The molecule has 25 heavy (non-hydrogen) atoms. The molecule has 2 nitrogen and oxygen atoms in total. The van der Waals surface area contributed by atoms with Crippen LogP contribution >= 0.6 is 0 Å². The van der Waals surface area contributed by atoms with Gasteiger partial charge in [-0.15, -0.1) is 6.42 Å². The molecule has 0 aliphatic carbocycles. The molecule has 3 rings (SSSR count). The van der Waals surface area contributed by atoms with E-state index in [2.05, 4.69) is 18.1 Å². The lowest BCUT2D eigenvalue weighted by Gasteiger charge is -2.31. The highest BCUT2D eigenvalue weighted by Gasteiger charge is 2.34. The van der Waals surface area contributed by atoms with E-state index in [1.54, 1.807) is 14.2 Å². The Balaban J connectivity index is 2.24. The number of terminal acetylenes is 1. The number of hydrogen-bond acceptors (Lipinski definition) is 2. The molecule has 3 aromatic carbocycles. The summed E-state index contributed by atoms with van der Waals surface area (Å²) >= 11 is 0. The average molecular weight is 328 g/mol. The van der Waals surface area contributed by atoms with E-state index < -0.39 is 5.41 Å². The van der Waals surface area contributed by atoms with Gasteiger partial charge in [0, 0.05) is 0 Å². The Bertz CT molecular complexity index is 809. The summed E-state index contributed by atoms with van der Waals surface area (Å²) in [5, 5.41) is 0. The smallest absolute Gasteiger partial charge is 0.118 e. The van der Waals surface area contributed by atoms with Crippen molar-refractivity contribution in [3.63, 3.8) is 0 Å². The molecule has 0 radical (unpaired) electrons. The van der Waals surface area contributed by atoms with Gasteiger partial charge in [-0.2, -0.15) is 0 Å². The van der Waals surface area contributed by atoms with Gasteiger partial charge in [0.05, 0.1) is 14.2 Å². The second-order valence-electron chi connectivity index (χ2n) is 5.72. The lowest BCUT2D eigenvalue weighted by molar-refractivity contribution is 0.414. The molecule has 0 aromatic heterocycles. The predicted molar refractivity (Wildman–Crippen MR) is 101 cm³/mol. The first kappa shape index (κ1) is 16.7. The van der Waals surface area contributed by atoms with Gasteiger partial charge >= 0.3 is 0 Å². The Labute approximate surface area is 149 Å². The van der Waals surface area contributed by atoms with E-state index >= 15 is 0 Å². The van der Waals surface area contributed by atoms with E-state index in [1.807, 2.05) is 66.7 Å². The Morgan fingerprint density at radius 3 is 1.40 bits per heavy atom. The van der Waals surface area contributed by atoms with Crippen LogP contribution in [0.4, 0.5) is 0 Å². The van der Waals surface area contributed by atoms with Gasteiger partial charge in [-0.05, 0) is 41.0 Å². The minimum Gasteiger partial charge on any atom is -0.497 e. The molecule has 0 N–H and O–H groups in total. The molecule has 0 heterocycles. The topological polar surface area (TPSA) is 18.5 Å². The van der Waals surface area contributed by atoms with Crippen LogP contribution in [-0.4, -0.2) is 14.2 Å². The van der Waals surface area contributed by atoms with Crippen LogP contribution in [0.1, 0.15) is 16.7 Å². The van der Waals surface area contributed by atoms with Crippen molar-refractivity contribution in [3.05, 3.63) is 95.6 Å². The summed E-state index contributed by atoms with van der Waals surface area (Å²) in [7, 11) is 3.31. The highest BCUT2D eigenvalue weighted by atomic mass is 16.5. The first-order valence-corrected chi connectivity index (χ1v) is 8.07. The predicted octanol–water partition coefficient (Wildman–Crippen LogP) is 4.67. The molecule has 0 fully saturated rings. The van der Waals surface area contributed by atoms with Crippen LogP contribution in [0.2, 0.25) is 0 Å². The number of hydrogen-bond donors (Lipinski definition) is 0. The zero-order valence-corrected chi connectivity index (χ0v) is 14.4. The van der Waals surface area contributed by atoms with Crippen molar-refractivity contribution >= 4 is 0 Å². The molecule has 124 valence electrons. The maximum absolute atomic E-state index is 6.13. The van der Waals surface area contributed by atoms with E-state index in [0.717, 1.165) is 28.2 Å². The van der Waals surface area contributed by atoms with Crippen molar-refractivity contribution in [1.29, 1.82) is 0 Å². The molecule has 0 saturated carbocycles. The number of ether oxygens (including phenoxy) is 2. The third kappa shape index (κ3) is 2.97. The number of rotatable bonds is 5. The van der Waals surface area contributed by atoms with Gasteiger partial charge in [0.25, 0.3) is 0 Å². The van der Waals surface area contributed by atoms with Crippen molar-refractivity contribution < 1.29 is 9.47 Å². The quantitative estimate of drug-likeness (QED) is 0.500. The monoisotopic (exact) mass is 328 g/mol. The first-order valence-electron chi connectivity index (χ1n) is 8.07. The Hall–Kier alpha value is -3.18. The van der Waals surface area contributed by atoms with E-state index in [9.17, 15) is 0 Å². The van der Waals surface area contributed by atoms with E-state index in [-0.39, 0.29) is 0 Å². The van der Waals surface area contributed by atoms with Crippen molar-refractivity contribution in [1.82, 2.24) is 0 Å². The first-order chi connectivity index (χ1) is 12.2. The molecule has 3 aromatic rings. The summed E-state index contributed by atoms with van der Waals surface area (Å²) < 4.78 is 10.6. The Kier molecular flexibility index (Phi) is 4.77. The molecule has 0 spiro atoms. The fourth-order valence-electron chi connectivity index (χ4n) is 3.12. The van der Waals surface area contributed by atoms with E-state index in [4.69, 9.17) is 15.9 Å². The zero-order chi connectivity index (χ0) is 17.7.